The molecular weight excluding hydrogens is 258 g/mol. The van der Waals surface area contributed by atoms with E-state index in [2.05, 4.69) is 0 Å². The van der Waals surface area contributed by atoms with Crippen molar-refractivity contribution >= 4 is 16.3 Å². The van der Waals surface area contributed by atoms with Gasteiger partial charge in [0, 0.05) is 8.41 Å². The van der Waals surface area contributed by atoms with Crippen LogP contribution < -0.4 is 0 Å². The molecule has 0 aromatic carbocycles. The molecule has 0 spiro atoms. The molecule has 3 aliphatic carbocycles. The molecule has 3 rings (SSSR count). The minimum absolute atomic E-state index is 0. The molecule has 0 amide bonds. The van der Waals surface area contributed by atoms with Crippen LogP contribution in [0.1, 0.15) is 96.3 Å². The molecule has 3 radical (unpaired) electrons. The van der Waals surface area contributed by atoms with E-state index in [1.165, 1.54) is 36.2 Å². The summed E-state index contributed by atoms with van der Waals surface area (Å²) in [6.07, 6.45) is 23.6. The summed E-state index contributed by atoms with van der Waals surface area (Å²) in [4.78, 5) is 0. The smallest absolute Gasteiger partial charge is 0 e. The average molecular weight is 291 g/mol. The van der Waals surface area contributed by atoms with Crippen LogP contribution in [0, 0.1) is 0 Å². The second-order valence-electron chi connectivity index (χ2n) is 7.32. The van der Waals surface area contributed by atoms with Gasteiger partial charge in [0.25, 0.3) is 0 Å². The Morgan fingerprint density at radius 3 is 0.900 bits per heavy atom. The van der Waals surface area contributed by atoms with Crippen LogP contribution in [-0.4, -0.2) is 25.4 Å². The molecule has 0 bridgehead atoms. The highest BCUT2D eigenvalue weighted by Crippen LogP contribution is 2.61. The Balaban J connectivity index is 0.00000147. The molecule has 0 heterocycles. The van der Waals surface area contributed by atoms with Gasteiger partial charge in [-0.3, -0.25) is 0 Å². The van der Waals surface area contributed by atoms with Crippen molar-refractivity contribution in [3.63, 3.8) is 0 Å². The summed E-state index contributed by atoms with van der Waals surface area (Å²) in [7, 11) is 0.385. The molecule has 0 aromatic heterocycles. The summed E-state index contributed by atoms with van der Waals surface area (Å²) in [6.45, 7) is 0. The van der Waals surface area contributed by atoms with E-state index in [0.29, 0.717) is 7.92 Å². The van der Waals surface area contributed by atoms with Gasteiger partial charge in [0.1, 0.15) is 0 Å². The van der Waals surface area contributed by atoms with Crippen LogP contribution in [-0.2, 0) is 0 Å². The van der Waals surface area contributed by atoms with Crippen molar-refractivity contribution in [3.8, 4) is 0 Å². The van der Waals surface area contributed by atoms with Crippen LogP contribution in [0.15, 0.2) is 0 Å². The van der Waals surface area contributed by atoms with Gasteiger partial charge in [0.2, 0.25) is 0 Å². The summed E-state index contributed by atoms with van der Waals surface area (Å²) < 4.78 is 0. The summed E-state index contributed by atoms with van der Waals surface area (Å²) in [5, 5.41) is 0. The van der Waals surface area contributed by atoms with Crippen LogP contribution in [0.5, 0.6) is 0 Å². The van der Waals surface area contributed by atoms with Crippen LogP contribution >= 0.6 is 7.92 Å². The van der Waals surface area contributed by atoms with Crippen molar-refractivity contribution in [1.82, 2.24) is 0 Å². The normalized spacial score (nSPS) is 27.4. The maximum atomic E-state index is 1.61. The van der Waals surface area contributed by atoms with Gasteiger partial charge in [0.15, 0.2) is 0 Å². The molecule has 3 aliphatic rings. The Morgan fingerprint density at radius 2 is 0.650 bits per heavy atom. The molecule has 0 atom stereocenters. The fourth-order valence-corrected chi connectivity index (χ4v) is 9.71. The van der Waals surface area contributed by atoms with Gasteiger partial charge in [0.05, 0.1) is 0 Å². The summed E-state index contributed by atoms with van der Waals surface area (Å²) in [5.74, 6) is 0. The Kier molecular flexibility index (Phi) is 7.44. The molecule has 0 nitrogen and oxygen atoms in total. The minimum Gasteiger partial charge on any atom is -0.0971 e. The highest BCUT2D eigenvalue weighted by Gasteiger charge is 2.36. The van der Waals surface area contributed by atoms with Crippen LogP contribution in [0.4, 0.5) is 0 Å². The number of hydrogen-bond donors (Lipinski definition) is 0. The molecular formula is C18H33BP. The summed E-state index contributed by atoms with van der Waals surface area (Å²) in [6, 6.07) is 0. The molecule has 2 heteroatoms. The van der Waals surface area contributed by atoms with Crippen molar-refractivity contribution in [2.45, 2.75) is 113 Å². The Hall–Kier alpha value is 0.495. The first kappa shape index (κ1) is 16.9. The third-order valence-electron chi connectivity index (χ3n) is 5.99. The third-order valence-corrected chi connectivity index (χ3v) is 10.1. The highest BCUT2D eigenvalue weighted by molar-refractivity contribution is 7.59. The second kappa shape index (κ2) is 8.82. The molecule has 0 saturated heterocycles. The van der Waals surface area contributed by atoms with Crippen LogP contribution in [0.3, 0.4) is 0 Å². The first-order valence-corrected chi connectivity index (χ1v) is 10.8. The first-order chi connectivity index (χ1) is 9.45. The van der Waals surface area contributed by atoms with Gasteiger partial charge >= 0.3 is 0 Å². The predicted octanol–water partition coefficient (Wildman–Crippen LogP) is 6.09. The van der Waals surface area contributed by atoms with Gasteiger partial charge in [-0.05, 0) is 55.5 Å². The van der Waals surface area contributed by atoms with E-state index in [1.54, 1.807) is 77.0 Å². The minimum atomic E-state index is 0. The summed E-state index contributed by atoms with van der Waals surface area (Å²) in [5.41, 5.74) is 3.57. The van der Waals surface area contributed by atoms with Crippen molar-refractivity contribution in [2.75, 3.05) is 0 Å². The maximum absolute atomic E-state index is 1.61. The Bertz CT molecular complexity index is 207. The third kappa shape index (κ3) is 4.25. The molecule has 3 fully saturated rings. The van der Waals surface area contributed by atoms with Crippen LogP contribution in [0.2, 0.25) is 0 Å². The molecule has 0 N–H and O–H groups in total. The van der Waals surface area contributed by atoms with Gasteiger partial charge in [-0.15, -0.1) is 0 Å². The monoisotopic (exact) mass is 291 g/mol. The lowest BCUT2D eigenvalue weighted by molar-refractivity contribution is 0.460. The summed E-state index contributed by atoms with van der Waals surface area (Å²) >= 11 is 0. The molecule has 113 valence electrons. The van der Waals surface area contributed by atoms with Crippen molar-refractivity contribution in [3.05, 3.63) is 0 Å². The number of rotatable bonds is 3. The largest absolute Gasteiger partial charge is 0.0971 e. The van der Waals surface area contributed by atoms with E-state index in [-0.39, 0.29) is 8.41 Å². The zero-order valence-corrected chi connectivity index (χ0v) is 14.3. The highest BCUT2D eigenvalue weighted by atomic mass is 31.1. The molecule has 0 aromatic rings. The predicted molar refractivity (Wildman–Crippen MR) is 93.3 cm³/mol. The van der Waals surface area contributed by atoms with Crippen molar-refractivity contribution < 1.29 is 0 Å². The lowest BCUT2D eigenvalue weighted by Gasteiger charge is -2.44. The molecule has 20 heavy (non-hydrogen) atoms. The van der Waals surface area contributed by atoms with E-state index in [1.807, 2.05) is 0 Å². The standard InChI is InChI=1S/C18H33P.B/c1-4-10-16(11-5-1)19(17-12-6-2-7-13-17)18-14-8-3-9-15-18;/h16-18H,1-15H2;. The zero-order chi connectivity index (χ0) is 12.9. The maximum Gasteiger partial charge on any atom is 0 e. The lowest BCUT2D eigenvalue weighted by atomic mass is 9.99. The second-order valence-corrected chi connectivity index (χ2v) is 10.4. The van der Waals surface area contributed by atoms with E-state index in [9.17, 15) is 0 Å². The number of hydrogen-bond acceptors (Lipinski definition) is 0. The van der Waals surface area contributed by atoms with E-state index < -0.39 is 0 Å². The Labute approximate surface area is 130 Å². The lowest BCUT2D eigenvalue weighted by Crippen LogP contribution is -2.28. The van der Waals surface area contributed by atoms with Gasteiger partial charge in [-0.25, -0.2) is 0 Å². The molecule has 0 aliphatic heterocycles. The molecule has 0 unspecified atom stereocenters. The quantitative estimate of drug-likeness (QED) is 0.436. The van der Waals surface area contributed by atoms with Gasteiger partial charge < -0.3 is 0 Å². The molecule has 3 saturated carbocycles. The van der Waals surface area contributed by atoms with E-state index in [4.69, 9.17) is 0 Å². The van der Waals surface area contributed by atoms with Gasteiger partial charge in [-0.2, -0.15) is 0 Å². The van der Waals surface area contributed by atoms with E-state index >= 15 is 0 Å². The fraction of sp³-hybridized carbons (Fsp3) is 1.00. The first-order valence-electron chi connectivity index (χ1n) is 9.22. The SMILES string of the molecule is C1CCC(P(C2CCCCC2)C2CCCCC2)CC1.[B]. The topological polar surface area (TPSA) is 0 Å². The van der Waals surface area contributed by atoms with Crippen LogP contribution in [0.25, 0.3) is 0 Å². The zero-order valence-electron chi connectivity index (χ0n) is 13.4. The fourth-order valence-electron chi connectivity index (χ4n) is 5.03. The van der Waals surface area contributed by atoms with Crippen molar-refractivity contribution in [2.24, 2.45) is 0 Å². The van der Waals surface area contributed by atoms with E-state index in [0.717, 1.165) is 0 Å². The van der Waals surface area contributed by atoms with Gasteiger partial charge in [-0.1, -0.05) is 65.7 Å². The average Bonchev–Trinajstić information content (AvgIpc) is 2.51. The Morgan fingerprint density at radius 1 is 0.400 bits per heavy atom. The van der Waals surface area contributed by atoms with Crippen molar-refractivity contribution in [1.29, 1.82) is 0 Å².